The van der Waals surface area contributed by atoms with Gasteiger partial charge in [0, 0.05) is 59.3 Å². The lowest BCUT2D eigenvalue weighted by Gasteiger charge is -2.30. The third kappa shape index (κ3) is 10.2. The molecule has 6 aromatic rings. The molecule has 5 heterocycles. The van der Waals surface area contributed by atoms with Gasteiger partial charge < -0.3 is 39.9 Å². The summed E-state index contributed by atoms with van der Waals surface area (Å²) >= 11 is 0. The van der Waals surface area contributed by atoms with Crippen molar-refractivity contribution in [2.24, 2.45) is 11.8 Å². The Morgan fingerprint density at radius 1 is 0.768 bits per heavy atom. The van der Waals surface area contributed by atoms with Crippen LogP contribution in [-0.2, 0) is 38.9 Å². The van der Waals surface area contributed by atoms with E-state index in [1.54, 1.807) is 17.2 Å². The van der Waals surface area contributed by atoms with E-state index in [1.165, 1.54) is 0 Å². The molecule has 0 saturated carbocycles. The predicted molar refractivity (Wildman–Crippen MR) is 263 cm³/mol. The second kappa shape index (κ2) is 20.4. The first-order chi connectivity index (χ1) is 33.4. The van der Waals surface area contributed by atoms with Gasteiger partial charge >= 0.3 is 0 Å². The average Bonchev–Trinajstić information content (AvgIpc) is 4.15. The first-order valence-electron chi connectivity index (χ1n) is 24.0. The molecular weight excluding hydrogens is 869 g/mol. The van der Waals surface area contributed by atoms with E-state index in [0.29, 0.717) is 62.8 Å². The summed E-state index contributed by atoms with van der Waals surface area (Å²) in [6.07, 6.45) is 8.13. The van der Waals surface area contributed by atoms with Gasteiger partial charge in [0.05, 0.1) is 36.4 Å². The molecule has 3 aliphatic heterocycles. The summed E-state index contributed by atoms with van der Waals surface area (Å²) in [5.41, 5.74) is 8.77. The highest BCUT2D eigenvalue weighted by atomic mass is 16.5. The number of carbonyl (C=O) groups is 4. The van der Waals surface area contributed by atoms with Crippen molar-refractivity contribution >= 4 is 23.6 Å². The predicted octanol–water partition coefficient (Wildman–Crippen LogP) is 9.29. The minimum Gasteiger partial charge on any atom is -0.488 e. The Hall–Kier alpha value is -7.48. The number of H-pyrrole nitrogens is 2. The largest absolute Gasteiger partial charge is 0.488 e. The summed E-state index contributed by atoms with van der Waals surface area (Å²) in [4.78, 5) is 74.6. The van der Waals surface area contributed by atoms with E-state index in [-0.39, 0.29) is 48.1 Å². The Morgan fingerprint density at radius 3 is 1.90 bits per heavy atom. The van der Waals surface area contributed by atoms with Gasteiger partial charge in [0.15, 0.2) is 0 Å². The first kappa shape index (κ1) is 46.6. The Kier molecular flexibility index (Phi) is 13.8. The monoisotopic (exact) mass is 928 g/mol. The van der Waals surface area contributed by atoms with Crippen LogP contribution in [0.25, 0.3) is 33.6 Å². The summed E-state index contributed by atoms with van der Waals surface area (Å²) in [5.74, 6) is 2.40. The molecule has 9 rings (SSSR count). The molecule has 0 bridgehead atoms. The molecule has 0 unspecified atom stereocenters. The number of ether oxygens (including phenoxy) is 2. The summed E-state index contributed by atoms with van der Waals surface area (Å²) in [5, 5.41) is 6.02. The maximum Gasteiger partial charge on any atom is 0.250 e. The van der Waals surface area contributed by atoms with Gasteiger partial charge in [-0.15, -0.1) is 6.58 Å². The van der Waals surface area contributed by atoms with Crippen molar-refractivity contribution in [3.63, 3.8) is 0 Å². The molecule has 2 aromatic heterocycles. The minimum absolute atomic E-state index is 0.144. The molecule has 4 N–H and O–H groups in total. The van der Waals surface area contributed by atoms with Gasteiger partial charge in [-0.1, -0.05) is 94.4 Å². The molecule has 3 aliphatic rings. The number of nitrogens with zero attached hydrogens (tertiary/aromatic N) is 4. The molecule has 0 spiro atoms. The zero-order valence-electron chi connectivity index (χ0n) is 39.7. The highest BCUT2D eigenvalue weighted by Crippen LogP contribution is 2.51. The second-order valence-electron chi connectivity index (χ2n) is 19.1. The van der Waals surface area contributed by atoms with Gasteiger partial charge in [-0.05, 0) is 66.5 Å². The van der Waals surface area contributed by atoms with Crippen molar-refractivity contribution in [1.29, 1.82) is 0 Å². The number of amides is 4. The van der Waals surface area contributed by atoms with Gasteiger partial charge in [-0.2, -0.15) is 0 Å². The van der Waals surface area contributed by atoms with E-state index in [1.807, 2.05) is 112 Å². The smallest absolute Gasteiger partial charge is 0.250 e. The molecule has 69 heavy (non-hydrogen) atoms. The number of carbonyl (C=O) groups excluding carboxylic acids is 4. The van der Waals surface area contributed by atoms with E-state index in [2.05, 4.69) is 39.3 Å². The van der Waals surface area contributed by atoms with Crippen LogP contribution in [0.3, 0.4) is 0 Å². The maximum atomic E-state index is 14.3. The van der Waals surface area contributed by atoms with Crippen molar-refractivity contribution in [3.05, 3.63) is 144 Å². The minimum atomic E-state index is -0.848. The average molecular weight is 929 g/mol. The SMILES string of the molecule is C=CCCN(Cc1ncc(-c2cc3c4c(c2)OCc2cc(-c5cnc([C@@H]6CCCN6C(=O)[C@H](NC(=O)CC(C)C)c6ccccc6)[nH]5)cc(c2-4)OC3)[nH]1)C(=O)[C@H](NC(=O)CC(C)C)c1ccccc1. The highest BCUT2D eigenvalue weighted by molar-refractivity contribution is 5.91. The number of imidazole rings is 2. The molecular formula is C55H60N8O6. The molecule has 356 valence electrons. The van der Waals surface area contributed by atoms with Crippen LogP contribution in [0.4, 0.5) is 0 Å². The first-order valence-corrected chi connectivity index (χ1v) is 24.0. The highest BCUT2D eigenvalue weighted by Gasteiger charge is 2.38. The fraction of sp³-hybridized carbons (Fsp3) is 0.345. The van der Waals surface area contributed by atoms with Crippen LogP contribution in [-0.4, -0.2) is 66.5 Å². The molecule has 4 amide bonds. The number of hydrogen-bond acceptors (Lipinski definition) is 8. The lowest BCUT2D eigenvalue weighted by molar-refractivity contribution is -0.137. The third-order valence-corrected chi connectivity index (χ3v) is 12.9. The molecule has 4 aromatic carbocycles. The third-order valence-electron chi connectivity index (χ3n) is 12.9. The summed E-state index contributed by atoms with van der Waals surface area (Å²) < 4.78 is 13.0. The standard InChI is InChI=1S/C55H60N8O6/c1-6-7-20-62(54(66)51(35-15-10-8-11-16-35)60-47(64)22-33(2)3)30-46-56-28-41(58-46)37-24-39-31-69-45-27-38(25-40-32-68-44(26-37)49(39)50(40)45)42-29-57-53(59-42)43-19-14-21-63(43)55(67)52(36-17-12-9-13-18-36)61-48(65)23-34(4)5/h6,8-13,15-18,24-29,33-34,43,51-52H,1,7,14,19-23,30-32H2,2-5H3,(H,56,58)(H,57,59)(H,60,64)(H,61,65)/t43-,51+,52+/m0/s1. The van der Waals surface area contributed by atoms with Crippen molar-refractivity contribution in [2.45, 2.75) is 97.7 Å². The number of nitrogens with one attached hydrogen (secondary N) is 4. The molecule has 3 atom stereocenters. The van der Waals surface area contributed by atoms with Crippen LogP contribution in [0.2, 0.25) is 0 Å². The van der Waals surface area contributed by atoms with Crippen LogP contribution < -0.4 is 20.1 Å². The van der Waals surface area contributed by atoms with Crippen LogP contribution in [0.1, 0.15) is 112 Å². The summed E-state index contributed by atoms with van der Waals surface area (Å²) in [7, 11) is 0. The fourth-order valence-corrected chi connectivity index (χ4v) is 9.64. The Labute approximate surface area is 402 Å². The Balaban J connectivity index is 0.926. The van der Waals surface area contributed by atoms with Gasteiger partial charge in [-0.3, -0.25) is 19.2 Å². The van der Waals surface area contributed by atoms with Gasteiger partial charge in [0.25, 0.3) is 0 Å². The van der Waals surface area contributed by atoms with E-state index < -0.39 is 12.1 Å². The maximum absolute atomic E-state index is 14.3. The number of benzene rings is 4. The van der Waals surface area contributed by atoms with Crippen LogP contribution in [0, 0.1) is 11.8 Å². The molecule has 1 fully saturated rings. The molecule has 0 aliphatic carbocycles. The molecule has 0 radical (unpaired) electrons. The fourth-order valence-electron chi connectivity index (χ4n) is 9.64. The summed E-state index contributed by atoms with van der Waals surface area (Å²) in [6.45, 7) is 13.6. The second-order valence-corrected chi connectivity index (χ2v) is 19.1. The zero-order valence-corrected chi connectivity index (χ0v) is 39.7. The van der Waals surface area contributed by atoms with E-state index in [4.69, 9.17) is 19.4 Å². The van der Waals surface area contributed by atoms with E-state index in [0.717, 1.165) is 74.7 Å². The molecule has 14 heteroatoms. The van der Waals surface area contributed by atoms with Crippen molar-refractivity contribution in [2.75, 3.05) is 13.1 Å². The number of aromatic amines is 2. The van der Waals surface area contributed by atoms with Crippen LogP contribution in [0.5, 0.6) is 11.5 Å². The summed E-state index contributed by atoms with van der Waals surface area (Å²) in [6, 6.07) is 25.1. The number of aromatic nitrogens is 4. The normalized spacial score (nSPS) is 15.4. The Morgan fingerprint density at radius 2 is 1.32 bits per heavy atom. The van der Waals surface area contributed by atoms with Gasteiger partial charge in [0.2, 0.25) is 23.6 Å². The lowest BCUT2D eigenvalue weighted by Crippen LogP contribution is -2.43. The lowest BCUT2D eigenvalue weighted by atomic mass is 9.87. The van der Waals surface area contributed by atoms with Gasteiger partial charge in [0.1, 0.15) is 48.4 Å². The van der Waals surface area contributed by atoms with E-state index in [9.17, 15) is 19.2 Å². The van der Waals surface area contributed by atoms with Crippen molar-refractivity contribution in [1.82, 2.24) is 40.4 Å². The number of hydrogen-bond donors (Lipinski definition) is 4. The number of rotatable bonds is 18. The quantitative estimate of drug-likeness (QED) is 0.0617. The van der Waals surface area contributed by atoms with Gasteiger partial charge in [-0.25, -0.2) is 9.97 Å². The molecule has 14 nitrogen and oxygen atoms in total. The molecule has 1 saturated heterocycles. The van der Waals surface area contributed by atoms with Crippen molar-refractivity contribution < 1.29 is 28.7 Å². The van der Waals surface area contributed by atoms with E-state index >= 15 is 0 Å². The Bertz CT molecular complexity index is 2800. The zero-order chi connectivity index (χ0) is 48.2. The number of likely N-dealkylation sites (tertiary alicyclic amines) is 1. The van der Waals surface area contributed by atoms with Crippen LogP contribution in [0.15, 0.2) is 110 Å². The topological polar surface area (TPSA) is 175 Å². The van der Waals surface area contributed by atoms with Crippen molar-refractivity contribution in [3.8, 4) is 45.1 Å². The van der Waals surface area contributed by atoms with Crippen LogP contribution >= 0.6 is 0 Å².